The molecule has 0 amide bonds. The maximum Gasteiger partial charge on any atom is 0.255 e. The van der Waals surface area contributed by atoms with Crippen LogP contribution in [-0.2, 0) is 11.8 Å². The summed E-state index contributed by atoms with van der Waals surface area (Å²) < 4.78 is 0. The molecule has 1 fully saturated rings. The summed E-state index contributed by atoms with van der Waals surface area (Å²) in [5.41, 5.74) is 5.25. The molecule has 27 heavy (non-hydrogen) atoms. The monoisotopic (exact) mass is 380 g/mol. The molecular formula is C23H28N2OS. The highest BCUT2D eigenvalue weighted by Gasteiger charge is 2.44. The highest BCUT2D eigenvalue weighted by molar-refractivity contribution is 7.99. The first-order valence-corrected chi connectivity index (χ1v) is 11.0. The molecular weight excluding hydrogens is 352 g/mol. The summed E-state index contributed by atoms with van der Waals surface area (Å²) in [5, 5.41) is 0.699. The van der Waals surface area contributed by atoms with Gasteiger partial charge in [-0.25, -0.2) is 4.98 Å². The van der Waals surface area contributed by atoms with Gasteiger partial charge in [0.05, 0.1) is 11.3 Å². The molecule has 0 bridgehead atoms. The minimum atomic E-state index is -0.137. The van der Waals surface area contributed by atoms with Crippen LogP contribution in [0.3, 0.4) is 0 Å². The van der Waals surface area contributed by atoms with E-state index in [1.807, 2.05) is 6.92 Å². The SMILES string of the molecule is C=C(C)CSc1nc2c(c(=O)[nH]1)C(C)(C1CCCCC1)Cc1ccccc1-2. The molecule has 1 aromatic carbocycles. The third kappa shape index (κ3) is 3.40. The number of nitrogens with one attached hydrogen (secondary N) is 1. The Morgan fingerprint density at radius 3 is 2.78 bits per heavy atom. The predicted molar refractivity (Wildman–Crippen MR) is 113 cm³/mol. The molecule has 2 aliphatic rings. The van der Waals surface area contributed by atoms with Gasteiger partial charge >= 0.3 is 0 Å². The molecule has 1 unspecified atom stereocenters. The van der Waals surface area contributed by atoms with Crippen LogP contribution in [0.1, 0.15) is 57.1 Å². The lowest BCUT2D eigenvalue weighted by Crippen LogP contribution is -2.43. The van der Waals surface area contributed by atoms with E-state index in [4.69, 9.17) is 4.98 Å². The van der Waals surface area contributed by atoms with E-state index < -0.39 is 0 Å². The van der Waals surface area contributed by atoms with Crippen LogP contribution in [0.15, 0.2) is 46.4 Å². The minimum Gasteiger partial charge on any atom is -0.301 e. The van der Waals surface area contributed by atoms with Gasteiger partial charge in [-0.1, -0.05) is 74.4 Å². The number of thioether (sulfide) groups is 1. The Hall–Kier alpha value is -1.81. The summed E-state index contributed by atoms with van der Waals surface area (Å²) >= 11 is 1.56. The van der Waals surface area contributed by atoms with Crippen molar-refractivity contribution >= 4 is 11.8 Å². The number of hydrogen-bond acceptors (Lipinski definition) is 3. The zero-order chi connectivity index (χ0) is 19.0. The van der Waals surface area contributed by atoms with Crippen LogP contribution >= 0.6 is 11.8 Å². The first-order chi connectivity index (χ1) is 13.0. The summed E-state index contributed by atoms with van der Waals surface area (Å²) in [4.78, 5) is 21.3. The predicted octanol–water partition coefficient (Wildman–Crippen LogP) is 5.50. The van der Waals surface area contributed by atoms with Crippen LogP contribution in [0.4, 0.5) is 0 Å². The standard InChI is InChI=1S/C23H28N2OS/c1-15(2)14-27-22-24-20-18-12-8-7-9-16(18)13-23(3,19(20)21(26)25-22)17-10-5-4-6-11-17/h7-9,12,17H,1,4-6,10-11,13-14H2,2-3H3,(H,24,25,26). The van der Waals surface area contributed by atoms with Crippen molar-refractivity contribution in [1.82, 2.24) is 9.97 Å². The van der Waals surface area contributed by atoms with Gasteiger partial charge in [0, 0.05) is 16.7 Å². The number of aromatic nitrogens is 2. The summed E-state index contributed by atoms with van der Waals surface area (Å²) in [7, 11) is 0. The Kier molecular flexibility index (Phi) is 5.02. The fourth-order valence-electron chi connectivity index (χ4n) is 4.91. The zero-order valence-corrected chi connectivity index (χ0v) is 17.1. The fourth-order valence-corrected chi connectivity index (χ4v) is 5.62. The van der Waals surface area contributed by atoms with E-state index in [9.17, 15) is 4.79 Å². The molecule has 3 nitrogen and oxygen atoms in total. The Balaban J connectivity index is 1.87. The number of nitrogens with zero attached hydrogens (tertiary/aromatic N) is 1. The lowest BCUT2D eigenvalue weighted by Gasteiger charge is -2.43. The molecule has 0 radical (unpaired) electrons. The van der Waals surface area contributed by atoms with Crippen molar-refractivity contribution in [2.24, 2.45) is 5.92 Å². The van der Waals surface area contributed by atoms with Gasteiger partial charge in [-0.3, -0.25) is 4.79 Å². The van der Waals surface area contributed by atoms with Gasteiger partial charge < -0.3 is 4.98 Å². The van der Waals surface area contributed by atoms with Crippen molar-refractivity contribution in [3.8, 4) is 11.3 Å². The summed E-state index contributed by atoms with van der Waals surface area (Å²) in [6, 6.07) is 8.49. The van der Waals surface area contributed by atoms with E-state index in [2.05, 4.69) is 42.8 Å². The quantitative estimate of drug-likeness (QED) is 0.433. The van der Waals surface area contributed by atoms with E-state index in [1.54, 1.807) is 11.8 Å². The molecule has 1 atom stereocenters. The van der Waals surface area contributed by atoms with Crippen LogP contribution in [0, 0.1) is 5.92 Å². The van der Waals surface area contributed by atoms with Gasteiger partial charge in [0.25, 0.3) is 5.56 Å². The lowest BCUT2D eigenvalue weighted by atomic mass is 9.60. The number of fused-ring (bicyclic) bond motifs is 3. The van der Waals surface area contributed by atoms with E-state index in [0.717, 1.165) is 34.6 Å². The van der Waals surface area contributed by atoms with Crippen LogP contribution in [0.5, 0.6) is 0 Å². The van der Waals surface area contributed by atoms with Gasteiger partial charge in [-0.15, -0.1) is 0 Å². The average Bonchev–Trinajstić information content (AvgIpc) is 2.67. The molecule has 4 heteroatoms. The van der Waals surface area contributed by atoms with E-state index >= 15 is 0 Å². The van der Waals surface area contributed by atoms with E-state index in [1.165, 1.54) is 37.7 Å². The minimum absolute atomic E-state index is 0.0480. The van der Waals surface area contributed by atoms with Crippen molar-refractivity contribution in [1.29, 1.82) is 0 Å². The molecule has 0 saturated heterocycles. The lowest BCUT2D eigenvalue weighted by molar-refractivity contribution is 0.213. The first-order valence-electron chi connectivity index (χ1n) is 9.99. The smallest absolute Gasteiger partial charge is 0.255 e. The normalized spacial score (nSPS) is 22.1. The number of aromatic amines is 1. The third-order valence-electron chi connectivity index (χ3n) is 6.26. The molecule has 1 aromatic heterocycles. The van der Waals surface area contributed by atoms with E-state index in [0.29, 0.717) is 11.1 Å². The number of benzene rings is 1. The molecule has 1 N–H and O–H groups in total. The van der Waals surface area contributed by atoms with Crippen molar-refractivity contribution in [3.05, 3.63) is 57.9 Å². The summed E-state index contributed by atoms with van der Waals surface area (Å²) in [6.45, 7) is 8.26. The van der Waals surface area contributed by atoms with Crippen LogP contribution in [0.2, 0.25) is 0 Å². The third-order valence-corrected chi connectivity index (χ3v) is 7.36. The molecule has 0 spiro atoms. The average molecular weight is 381 g/mol. The molecule has 1 heterocycles. The summed E-state index contributed by atoms with van der Waals surface area (Å²) in [6.07, 6.45) is 7.22. The maximum absolute atomic E-state index is 13.3. The Labute approximate surface area is 165 Å². The van der Waals surface area contributed by atoms with Gasteiger partial charge in [0.1, 0.15) is 0 Å². The number of H-pyrrole nitrogens is 1. The van der Waals surface area contributed by atoms with Gasteiger partial charge in [0.2, 0.25) is 0 Å². The van der Waals surface area contributed by atoms with Crippen molar-refractivity contribution in [3.63, 3.8) is 0 Å². The van der Waals surface area contributed by atoms with Gasteiger partial charge in [-0.2, -0.15) is 0 Å². The Bertz CT molecular complexity index is 926. The molecule has 2 aliphatic carbocycles. The van der Waals surface area contributed by atoms with Crippen molar-refractivity contribution < 1.29 is 0 Å². The highest BCUT2D eigenvalue weighted by atomic mass is 32.2. The fraction of sp³-hybridized carbons (Fsp3) is 0.478. The second-order valence-electron chi connectivity index (χ2n) is 8.43. The molecule has 0 aliphatic heterocycles. The van der Waals surface area contributed by atoms with Gasteiger partial charge in [-0.05, 0) is 37.7 Å². The molecule has 142 valence electrons. The van der Waals surface area contributed by atoms with E-state index in [-0.39, 0.29) is 11.0 Å². The molecule has 2 aromatic rings. The van der Waals surface area contributed by atoms with Crippen molar-refractivity contribution in [2.75, 3.05) is 5.75 Å². The maximum atomic E-state index is 13.3. The van der Waals surface area contributed by atoms with Crippen LogP contribution in [-0.4, -0.2) is 15.7 Å². The van der Waals surface area contributed by atoms with Crippen LogP contribution < -0.4 is 5.56 Å². The Morgan fingerprint density at radius 1 is 1.30 bits per heavy atom. The Morgan fingerprint density at radius 2 is 2.04 bits per heavy atom. The second kappa shape index (κ2) is 7.31. The molecule has 4 rings (SSSR count). The number of rotatable bonds is 4. The van der Waals surface area contributed by atoms with Crippen molar-refractivity contribution in [2.45, 2.75) is 62.9 Å². The number of hydrogen-bond donors (Lipinski definition) is 1. The second-order valence-corrected chi connectivity index (χ2v) is 9.39. The van der Waals surface area contributed by atoms with Crippen LogP contribution in [0.25, 0.3) is 11.3 Å². The van der Waals surface area contributed by atoms with Gasteiger partial charge in [0.15, 0.2) is 5.16 Å². The first kappa shape index (κ1) is 18.5. The molecule has 1 saturated carbocycles. The largest absolute Gasteiger partial charge is 0.301 e. The summed E-state index contributed by atoms with van der Waals surface area (Å²) in [5.74, 6) is 1.32. The topological polar surface area (TPSA) is 45.8 Å². The highest BCUT2D eigenvalue weighted by Crippen LogP contribution is 2.48. The zero-order valence-electron chi connectivity index (χ0n) is 16.3.